The number of hydrogen-bond donors (Lipinski definition) is 1. The van der Waals surface area contributed by atoms with Crippen molar-refractivity contribution in [2.24, 2.45) is 5.92 Å². The van der Waals surface area contributed by atoms with Crippen molar-refractivity contribution in [3.63, 3.8) is 0 Å². The van der Waals surface area contributed by atoms with Crippen LogP contribution in [-0.4, -0.2) is 0 Å². The highest BCUT2D eigenvalue weighted by molar-refractivity contribution is 7.98. The van der Waals surface area contributed by atoms with Crippen LogP contribution in [0.25, 0.3) is 0 Å². The van der Waals surface area contributed by atoms with E-state index >= 15 is 0 Å². The molecule has 29 heavy (non-hydrogen) atoms. The van der Waals surface area contributed by atoms with E-state index in [1.807, 2.05) is 17.8 Å². The summed E-state index contributed by atoms with van der Waals surface area (Å²) in [6.07, 6.45) is 5.87. The molecule has 5 rings (SSSR count). The van der Waals surface area contributed by atoms with Gasteiger partial charge in [0.15, 0.2) is 0 Å². The number of hydrogen-bond acceptors (Lipinski definition) is 2. The maximum Gasteiger partial charge on any atom is 0.0554 e. The first-order valence-electron chi connectivity index (χ1n) is 10.2. The van der Waals surface area contributed by atoms with Gasteiger partial charge in [0.25, 0.3) is 0 Å². The molecule has 0 bridgehead atoms. The molecule has 0 unspecified atom stereocenters. The predicted octanol–water partition coefficient (Wildman–Crippen LogP) is 7.77. The van der Waals surface area contributed by atoms with Gasteiger partial charge in [-0.3, -0.25) is 0 Å². The van der Waals surface area contributed by atoms with Gasteiger partial charge in [0.1, 0.15) is 0 Å². The van der Waals surface area contributed by atoms with Gasteiger partial charge in [-0.15, -0.1) is 11.8 Å². The Morgan fingerprint density at radius 3 is 2.72 bits per heavy atom. The van der Waals surface area contributed by atoms with E-state index in [4.69, 9.17) is 11.6 Å². The molecule has 3 aromatic rings. The number of halogens is 1. The zero-order valence-electron chi connectivity index (χ0n) is 16.4. The van der Waals surface area contributed by atoms with Crippen LogP contribution in [0.3, 0.4) is 0 Å². The number of aryl methyl sites for hydroxylation is 1. The van der Waals surface area contributed by atoms with Crippen molar-refractivity contribution in [3.05, 3.63) is 106 Å². The Balaban J connectivity index is 1.47. The molecule has 0 aromatic heterocycles. The van der Waals surface area contributed by atoms with Crippen molar-refractivity contribution in [2.45, 2.75) is 36.0 Å². The topological polar surface area (TPSA) is 12.0 Å². The summed E-state index contributed by atoms with van der Waals surface area (Å²) in [6, 6.07) is 24.0. The van der Waals surface area contributed by atoms with Crippen LogP contribution >= 0.6 is 23.4 Å². The molecule has 1 aliphatic heterocycles. The molecular weight excluding hydrogens is 394 g/mol. The average molecular weight is 418 g/mol. The molecule has 0 fully saturated rings. The summed E-state index contributed by atoms with van der Waals surface area (Å²) in [7, 11) is 0. The van der Waals surface area contributed by atoms with Crippen LogP contribution in [0.5, 0.6) is 0 Å². The van der Waals surface area contributed by atoms with Gasteiger partial charge < -0.3 is 5.32 Å². The summed E-state index contributed by atoms with van der Waals surface area (Å²) in [6.45, 7) is 2.23. The summed E-state index contributed by atoms with van der Waals surface area (Å²) in [5, 5.41) is 4.68. The molecule has 1 N–H and O–H groups in total. The minimum atomic E-state index is 0.296. The fraction of sp³-hybridized carbons (Fsp3) is 0.231. The second kappa shape index (κ2) is 7.93. The quantitative estimate of drug-likeness (QED) is 0.343. The van der Waals surface area contributed by atoms with E-state index < -0.39 is 0 Å². The highest BCUT2D eigenvalue weighted by Gasteiger charge is 2.38. The Morgan fingerprint density at radius 2 is 1.90 bits per heavy atom. The van der Waals surface area contributed by atoms with Crippen LogP contribution in [0.2, 0.25) is 5.02 Å². The number of benzene rings is 3. The molecule has 2 aliphatic rings. The van der Waals surface area contributed by atoms with Crippen molar-refractivity contribution < 1.29 is 0 Å². The molecule has 0 saturated carbocycles. The molecule has 0 amide bonds. The maximum atomic E-state index is 6.30. The lowest BCUT2D eigenvalue weighted by Gasteiger charge is -2.38. The molecule has 1 nitrogen and oxygen atoms in total. The van der Waals surface area contributed by atoms with Gasteiger partial charge in [0.2, 0.25) is 0 Å². The minimum absolute atomic E-state index is 0.296. The van der Waals surface area contributed by atoms with Crippen LogP contribution in [0, 0.1) is 12.8 Å². The summed E-state index contributed by atoms with van der Waals surface area (Å²) in [4.78, 5) is 1.32. The van der Waals surface area contributed by atoms with Gasteiger partial charge in [0, 0.05) is 27.3 Å². The third-order valence-electron chi connectivity index (χ3n) is 6.08. The zero-order valence-corrected chi connectivity index (χ0v) is 18.0. The predicted molar refractivity (Wildman–Crippen MR) is 125 cm³/mol. The summed E-state index contributed by atoms with van der Waals surface area (Å²) >= 11 is 8.20. The third kappa shape index (κ3) is 3.72. The van der Waals surface area contributed by atoms with E-state index in [-0.39, 0.29) is 0 Å². The van der Waals surface area contributed by atoms with Gasteiger partial charge in [-0.25, -0.2) is 0 Å². The van der Waals surface area contributed by atoms with Gasteiger partial charge in [-0.05, 0) is 65.8 Å². The standard InChI is InChI=1S/C26H24ClNS/c1-17-13-18(16-29-21-9-3-2-4-10-21)14-24-22-11-6-12-23(22)26(28-25(17)24)19-7-5-8-20(27)15-19/h2-11,13-15,22-23,26,28H,12,16H2,1H3/t22-,23-,26+/m0/s1. The Hall–Kier alpha value is -2.16. The Morgan fingerprint density at radius 1 is 1.03 bits per heavy atom. The SMILES string of the molecule is Cc1cc(CSc2ccccc2)cc2c1N[C@H](c1cccc(Cl)c1)[C@H]1CC=C[C@H]21. The molecular formula is C26H24ClNS. The fourth-order valence-electron chi connectivity index (χ4n) is 4.76. The highest BCUT2D eigenvalue weighted by Crippen LogP contribution is 2.51. The van der Waals surface area contributed by atoms with Crippen LogP contribution in [0.15, 0.2) is 83.8 Å². The van der Waals surface area contributed by atoms with Crippen LogP contribution in [0.4, 0.5) is 5.69 Å². The van der Waals surface area contributed by atoms with E-state index in [1.54, 1.807) is 0 Å². The smallest absolute Gasteiger partial charge is 0.0554 e. The monoisotopic (exact) mass is 417 g/mol. The van der Waals surface area contributed by atoms with E-state index in [9.17, 15) is 0 Å². The van der Waals surface area contributed by atoms with Crippen molar-refractivity contribution in [2.75, 3.05) is 5.32 Å². The molecule has 1 heterocycles. The summed E-state index contributed by atoms with van der Waals surface area (Å²) in [5.41, 5.74) is 6.76. The lowest BCUT2D eigenvalue weighted by Crippen LogP contribution is -2.29. The van der Waals surface area contributed by atoms with Crippen molar-refractivity contribution in [3.8, 4) is 0 Å². The number of anilines is 1. The number of rotatable bonds is 4. The van der Waals surface area contributed by atoms with Crippen LogP contribution in [0.1, 0.15) is 40.6 Å². The average Bonchev–Trinajstić information content (AvgIpc) is 3.23. The highest BCUT2D eigenvalue weighted by atomic mass is 35.5. The first kappa shape index (κ1) is 18.8. The van der Waals surface area contributed by atoms with E-state index in [2.05, 4.69) is 85.1 Å². The van der Waals surface area contributed by atoms with Crippen molar-refractivity contribution in [1.82, 2.24) is 0 Å². The third-order valence-corrected chi connectivity index (χ3v) is 7.40. The molecule has 0 saturated heterocycles. The molecule has 3 atom stereocenters. The lowest BCUT2D eigenvalue weighted by molar-refractivity contribution is 0.425. The Bertz CT molecular complexity index is 1060. The van der Waals surface area contributed by atoms with Gasteiger partial charge in [0.05, 0.1) is 6.04 Å². The largest absolute Gasteiger partial charge is 0.377 e. The molecule has 1 aliphatic carbocycles. The normalized spacial score (nSPS) is 22.1. The number of allylic oxidation sites excluding steroid dienone is 2. The summed E-state index contributed by atoms with van der Waals surface area (Å²) in [5.74, 6) is 2.00. The van der Waals surface area contributed by atoms with E-state index in [0.717, 1.165) is 17.2 Å². The molecule has 0 radical (unpaired) electrons. The van der Waals surface area contributed by atoms with Crippen LogP contribution < -0.4 is 5.32 Å². The second-order valence-electron chi connectivity index (χ2n) is 8.01. The fourth-order valence-corrected chi connectivity index (χ4v) is 5.81. The molecule has 0 spiro atoms. The zero-order chi connectivity index (χ0) is 19.8. The number of nitrogens with one attached hydrogen (secondary N) is 1. The molecule has 146 valence electrons. The van der Waals surface area contributed by atoms with Crippen molar-refractivity contribution >= 4 is 29.1 Å². The van der Waals surface area contributed by atoms with Gasteiger partial charge in [-0.2, -0.15) is 0 Å². The summed E-state index contributed by atoms with van der Waals surface area (Å²) < 4.78 is 0. The lowest BCUT2D eigenvalue weighted by atomic mass is 9.76. The minimum Gasteiger partial charge on any atom is -0.377 e. The number of thioether (sulfide) groups is 1. The van der Waals surface area contributed by atoms with Gasteiger partial charge >= 0.3 is 0 Å². The van der Waals surface area contributed by atoms with E-state index in [0.29, 0.717) is 17.9 Å². The second-order valence-corrected chi connectivity index (χ2v) is 9.49. The molecule has 3 aromatic carbocycles. The Kier molecular flexibility index (Phi) is 5.15. The number of fused-ring (bicyclic) bond motifs is 3. The molecule has 3 heteroatoms. The first-order valence-corrected chi connectivity index (χ1v) is 11.6. The van der Waals surface area contributed by atoms with Gasteiger partial charge in [-0.1, -0.05) is 66.2 Å². The van der Waals surface area contributed by atoms with Crippen LogP contribution in [-0.2, 0) is 5.75 Å². The van der Waals surface area contributed by atoms with E-state index in [1.165, 1.54) is 32.8 Å². The first-order chi connectivity index (χ1) is 14.2. The maximum absolute atomic E-state index is 6.30. The Labute approximate surface area is 182 Å². The van der Waals surface area contributed by atoms with Crippen molar-refractivity contribution in [1.29, 1.82) is 0 Å².